The van der Waals surface area contributed by atoms with Gasteiger partial charge >= 0.3 is 5.97 Å². The molecule has 21 heavy (non-hydrogen) atoms. The average molecular weight is 298 g/mol. The Morgan fingerprint density at radius 2 is 2.19 bits per heavy atom. The summed E-state index contributed by atoms with van der Waals surface area (Å²) in [4.78, 5) is 14.7. The highest BCUT2D eigenvalue weighted by molar-refractivity contribution is 5.82. The van der Waals surface area contributed by atoms with E-state index in [0.29, 0.717) is 25.0 Å². The number of rotatable bonds is 8. The van der Waals surface area contributed by atoms with Crippen LogP contribution in [0.2, 0.25) is 0 Å². The summed E-state index contributed by atoms with van der Waals surface area (Å²) < 4.78 is 10.9. The second-order valence-corrected chi connectivity index (χ2v) is 6.50. The lowest BCUT2D eigenvalue weighted by Crippen LogP contribution is -2.60. The lowest BCUT2D eigenvalue weighted by atomic mass is 9.91. The SMILES string of the molecule is CCOC(=O)C(CN(C)CC1CCCOC1)(NC)C1CC1. The molecule has 2 fully saturated rings. The molecule has 1 saturated heterocycles. The van der Waals surface area contributed by atoms with E-state index < -0.39 is 5.54 Å². The monoisotopic (exact) mass is 298 g/mol. The van der Waals surface area contributed by atoms with Crippen LogP contribution in [0.1, 0.15) is 32.6 Å². The van der Waals surface area contributed by atoms with Crippen molar-refractivity contribution in [3.8, 4) is 0 Å². The van der Waals surface area contributed by atoms with Crippen LogP contribution in [0.25, 0.3) is 0 Å². The van der Waals surface area contributed by atoms with E-state index in [4.69, 9.17) is 9.47 Å². The summed E-state index contributed by atoms with van der Waals surface area (Å²) in [5.41, 5.74) is -0.541. The number of likely N-dealkylation sites (N-methyl/N-ethyl adjacent to an activating group) is 2. The fourth-order valence-electron chi connectivity index (χ4n) is 3.46. The Kier molecular flexibility index (Phi) is 6.02. The van der Waals surface area contributed by atoms with Crippen LogP contribution in [-0.4, -0.2) is 63.4 Å². The fourth-order valence-corrected chi connectivity index (χ4v) is 3.46. The summed E-state index contributed by atoms with van der Waals surface area (Å²) in [6.45, 7) is 5.74. The van der Waals surface area contributed by atoms with Crippen molar-refractivity contribution in [1.29, 1.82) is 0 Å². The van der Waals surface area contributed by atoms with Gasteiger partial charge in [0, 0.05) is 19.7 Å². The van der Waals surface area contributed by atoms with E-state index in [-0.39, 0.29) is 5.97 Å². The first-order valence-electron chi connectivity index (χ1n) is 8.24. The summed E-state index contributed by atoms with van der Waals surface area (Å²) >= 11 is 0. The largest absolute Gasteiger partial charge is 0.465 e. The number of carbonyl (C=O) groups excluding carboxylic acids is 1. The molecule has 0 aromatic carbocycles. The molecule has 0 aromatic heterocycles. The van der Waals surface area contributed by atoms with E-state index in [1.807, 2.05) is 14.0 Å². The van der Waals surface area contributed by atoms with Crippen molar-refractivity contribution in [2.75, 3.05) is 47.0 Å². The lowest BCUT2D eigenvalue weighted by Gasteiger charge is -2.36. The highest BCUT2D eigenvalue weighted by atomic mass is 16.5. The quantitative estimate of drug-likeness (QED) is 0.684. The van der Waals surface area contributed by atoms with Gasteiger partial charge in [0.2, 0.25) is 0 Å². The standard InChI is InChI=1S/C16H30N2O3/c1-4-21-15(19)16(17-2,14-7-8-14)12-18(3)10-13-6-5-9-20-11-13/h13-14,17H,4-12H2,1-3H3. The minimum atomic E-state index is -0.541. The van der Waals surface area contributed by atoms with E-state index in [9.17, 15) is 4.79 Å². The second-order valence-electron chi connectivity index (χ2n) is 6.50. The van der Waals surface area contributed by atoms with Crippen LogP contribution in [0.15, 0.2) is 0 Å². The summed E-state index contributed by atoms with van der Waals surface area (Å²) in [5, 5.41) is 3.28. The van der Waals surface area contributed by atoms with Crippen LogP contribution in [0.3, 0.4) is 0 Å². The van der Waals surface area contributed by atoms with Crippen molar-refractivity contribution in [3.63, 3.8) is 0 Å². The third kappa shape index (κ3) is 4.18. The Morgan fingerprint density at radius 1 is 1.43 bits per heavy atom. The van der Waals surface area contributed by atoms with Crippen LogP contribution in [0.5, 0.6) is 0 Å². The van der Waals surface area contributed by atoms with E-state index in [1.165, 1.54) is 6.42 Å². The first-order chi connectivity index (χ1) is 10.1. The highest BCUT2D eigenvalue weighted by Crippen LogP contribution is 2.41. The minimum absolute atomic E-state index is 0.0956. The number of nitrogens with zero attached hydrogens (tertiary/aromatic N) is 1. The van der Waals surface area contributed by atoms with Crippen LogP contribution in [-0.2, 0) is 14.3 Å². The van der Waals surface area contributed by atoms with Crippen molar-refractivity contribution in [2.45, 2.75) is 38.1 Å². The molecule has 0 bridgehead atoms. The first-order valence-corrected chi connectivity index (χ1v) is 8.24. The molecule has 1 N–H and O–H groups in total. The summed E-state index contributed by atoms with van der Waals surface area (Å²) in [6, 6.07) is 0. The highest BCUT2D eigenvalue weighted by Gasteiger charge is 2.51. The van der Waals surface area contributed by atoms with Crippen molar-refractivity contribution in [2.24, 2.45) is 11.8 Å². The van der Waals surface area contributed by atoms with E-state index in [1.54, 1.807) is 0 Å². The number of hydrogen-bond acceptors (Lipinski definition) is 5. The molecule has 0 spiro atoms. The third-order valence-electron chi connectivity index (χ3n) is 4.70. The molecule has 2 rings (SSSR count). The number of esters is 1. The smallest absolute Gasteiger partial charge is 0.327 e. The molecular weight excluding hydrogens is 268 g/mol. The summed E-state index contributed by atoms with van der Waals surface area (Å²) in [7, 11) is 3.98. The van der Waals surface area contributed by atoms with E-state index >= 15 is 0 Å². The molecule has 0 amide bonds. The lowest BCUT2D eigenvalue weighted by molar-refractivity contribution is -0.153. The van der Waals surface area contributed by atoms with Crippen LogP contribution < -0.4 is 5.32 Å². The normalized spacial score (nSPS) is 25.6. The summed E-state index contributed by atoms with van der Waals surface area (Å²) in [6.07, 6.45) is 4.59. The molecule has 1 aliphatic carbocycles. The van der Waals surface area contributed by atoms with E-state index in [0.717, 1.165) is 39.0 Å². The van der Waals surface area contributed by atoms with Crippen molar-refractivity contribution in [1.82, 2.24) is 10.2 Å². The Morgan fingerprint density at radius 3 is 2.71 bits per heavy atom. The zero-order valence-corrected chi connectivity index (χ0v) is 13.7. The molecule has 0 aromatic rings. The van der Waals surface area contributed by atoms with Crippen molar-refractivity contribution in [3.05, 3.63) is 0 Å². The zero-order valence-electron chi connectivity index (χ0n) is 13.7. The average Bonchev–Trinajstić information content (AvgIpc) is 3.31. The second kappa shape index (κ2) is 7.56. The van der Waals surface area contributed by atoms with Gasteiger partial charge in [0.25, 0.3) is 0 Å². The maximum absolute atomic E-state index is 12.5. The Bertz CT molecular complexity index is 340. The topological polar surface area (TPSA) is 50.8 Å². The maximum atomic E-state index is 12.5. The maximum Gasteiger partial charge on any atom is 0.327 e. The Balaban J connectivity index is 1.95. The number of carbonyl (C=O) groups is 1. The van der Waals surface area contributed by atoms with Gasteiger partial charge in [-0.2, -0.15) is 0 Å². The molecule has 5 heteroatoms. The number of ether oxygens (including phenoxy) is 2. The third-order valence-corrected chi connectivity index (χ3v) is 4.70. The van der Waals surface area contributed by atoms with Gasteiger partial charge in [-0.15, -0.1) is 0 Å². The predicted molar refractivity (Wildman–Crippen MR) is 82.2 cm³/mol. The first kappa shape index (κ1) is 16.7. The number of hydrogen-bond donors (Lipinski definition) is 1. The van der Waals surface area contributed by atoms with Gasteiger partial charge in [-0.3, -0.25) is 0 Å². The van der Waals surface area contributed by atoms with E-state index in [2.05, 4.69) is 17.3 Å². The molecule has 1 aliphatic heterocycles. The van der Waals surface area contributed by atoms with Gasteiger partial charge in [-0.05, 0) is 58.5 Å². The van der Waals surface area contributed by atoms with Crippen molar-refractivity contribution < 1.29 is 14.3 Å². The Hall–Kier alpha value is -0.650. The van der Waals surface area contributed by atoms with Gasteiger partial charge in [-0.25, -0.2) is 4.79 Å². The molecule has 122 valence electrons. The van der Waals surface area contributed by atoms with Crippen LogP contribution in [0.4, 0.5) is 0 Å². The van der Waals surface area contributed by atoms with Gasteiger partial charge < -0.3 is 19.7 Å². The summed E-state index contributed by atoms with van der Waals surface area (Å²) in [5.74, 6) is 0.896. The molecule has 2 unspecified atom stereocenters. The van der Waals surface area contributed by atoms with Crippen LogP contribution >= 0.6 is 0 Å². The number of nitrogens with one attached hydrogen (secondary N) is 1. The zero-order chi connectivity index (χ0) is 15.3. The molecule has 1 saturated carbocycles. The molecule has 1 heterocycles. The van der Waals surface area contributed by atoms with Crippen molar-refractivity contribution >= 4 is 5.97 Å². The van der Waals surface area contributed by atoms with Gasteiger partial charge in [0.1, 0.15) is 5.54 Å². The minimum Gasteiger partial charge on any atom is -0.465 e. The fraction of sp³-hybridized carbons (Fsp3) is 0.938. The molecule has 0 radical (unpaired) electrons. The molecular formula is C16H30N2O3. The van der Waals surface area contributed by atoms with Gasteiger partial charge in [-0.1, -0.05) is 0 Å². The predicted octanol–water partition coefficient (Wildman–Crippen LogP) is 1.28. The van der Waals surface area contributed by atoms with Gasteiger partial charge in [0.15, 0.2) is 0 Å². The molecule has 5 nitrogen and oxygen atoms in total. The van der Waals surface area contributed by atoms with Crippen LogP contribution in [0, 0.1) is 11.8 Å². The van der Waals surface area contributed by atoms with Gasteiger partial charge in [0.05, 0.1) is 13.2 Å². The molecule has 2 atom stereocenters. The molecule has 2 aliphatic rings. The Labute approximate surface area is 128 Å².